The molecule has 13 heavy (non-hydrogen) atoms. The molecule has 1 atom stereocenters. The number of isocyanates is 1. The number of nitriles is 1. The standard InChI is InChI=1S/C8H8N2O3/c1-6(2)8(12)13-4-7(3-9)10-5-11/h7H,1,4H2,2H3. The van der Waals surface area contributed by atoms with Crippen molar-refractivity contribution in [3.63, 3.8) is 0 Å². The van der Waals surface area contributed by atoms with Crippen molar-refractivity contribution in [1.29, 1.82) is 5.26 Å². The Morgan fingerprint density at radius 1 is 1.77 bits per heavy atom. The monoisotopic (exact) mass is 180 g/mol. The molecule has 1 unspecified atom stereocenters. The van der Waals surface area contributed by atoms with Gasteiger partial charge in [0.2, 0.25) is 6.08 Å². The van der Waals surface area contributed by atoms with Crippen LogP contribution in [0.1, 0.15) is 6.92 Å². The highest BCUT2D eigenvalue weighted by Crippen LogP contribution is 1.95. The highest BCUT2D eigenvalue weighted by Gasteiger charge is 2.09. The molecule has 0 bridgehead atoms. The van der Waals surface area contributed by atoms with E-state index >= 15 is 0 Å². The summed E-state index contributed by atoms with van der Waals surface area (Å²) >= 11 is 0. The second-order valence-corrected chi connectivity index (χ2v) is 2.24. The van der Waals surface area contributed by atoms with Gasteiger partial charge in [-0.05, 0) is 6.92 Å². The summed E-state index contributed by atoms with van der Waals surface area (Å²) in [4.78, 5) is 23.6. The minimum atomic E-state index is -0.985. The van der Waals surface area contributed by atoms with E-state index in [9.17, 15) is 9.59 Å². The van der Waals surface area contributed by atoms with Gasteiger partial charge in [0.05, 0.1) is 6.07 Å². The number of ether oxygens (including phenoxy) is 1. The maximum absolute atomic E-state index is 10.8. The third-order valence-corrected chi connectivity index (χ3v) is 1.08. The van der Waals surface area contributed by atoms with E-state index in [2.05, 4.69) is 16.3 Å². The first kappa shape index (κ1) is 11.1. The van der Waals surface area contributed by atoms with Crippen molar-refractivity contribution in [2.24, 2.45) is 4.99 Å². The van der Waals surface area contributed by atoms with Crippen molar-refractivity contribution in [2.45, 2.75) is 13.0 Å². The van der Waals surface area contributed by atoms with Gasteiger partial charge in [-0.15, -0.1) is 0 Å². The zero-order chi connectivity index (χ0) is 10.3. The topological polar surface area (TPSA) is 79.5 Å². The molecule has 0 aliphatic rings. The SMILES string of the molecule is C=C(C)C(=O)OCC(C#N)N=C=O. The minimum Gasteiger partial charge on any atom is -0.459 e. The fourth-order valence-electron chi connectivity index (χ4n) is 0.445. The average Bonchev–Trinajstić information content (AvgIpc) is 2.11. The highest BCUT2D eigenvalue weighted by atomic mass is 16.5. The van der Waals surface area contributed by atoms with Gasteiger partial charge in [-0.1, -0.05) is 6.58 Å². The Bertz CT molecular complexity index is 297. The van der Waals surface area contributed by atoms with E-state index in [1.54, 1.807) is 6.07 Å². The molecule has 0 heterocycles. The van der Waals surface area contributed by atoms with Crippen LogP contribution in [-0.2, 0) is 14.3 Å². The van der Waals surface area contributed by atoms with Crippen LogP contribution < -0.4 is 0 Å². The Hall–Kier alpha value is -1.92. The summed E-state index contributed by atoms with van der Waals surface area (Å²) in [6.07, 6.45) is 1.21. The molecule has 0 spiro atoms. The molecule has 0 aromatic carbocycles. The maximum Gasteiger partial charge on any atom is 0.333 e. The molecule has 0 aliphatic carbocycles. The molecule has 0 saturated heterocycles. The number of aliphatic imine (C=N–C) groups is 1. The summed E-state index contributed by atoms with van der Waals surface area (Å²) in [7, 11) is 0. The van der Waals surface area contributed by atoms with E-state index in [1.807, 2.05) is 0 Å². The predicted octanol–water partition coefficient (Wildman–Crippen LogP) is 0.334. The van der Waals surface area contributed by atoms with Crippen molar-refractivity contribution in [2.75, 3.05) is 6.61 Å². The van der Waals surface area contributed by atoms with Gasteiger partial charge in [0.25, 0.3) is 0 Å². The lowest BCUT2D eigenvalue weighted by atomic mass is 10.3. The quantitative estimate of drug-likeness (QED) is 0.270. The Morgan fingerprint density at radius 3 is 2.77 bits per heavy atom. The van der Waals surface area contributed by atoms with Crippen molar-refractivity contribution >= 4 is 12.0 Å². The van der Waals surface area contributed by atoms with Gasteiger partial charge in [0.1, 0.15) is 6.61 Å². The lowest BCUT2D eigenvalue weighted by Gasteiger charge is -2.03. The fourth-order valence-corrected chi connectivity index (χ4v) is 0.445. The highest BCUT2D eigenvalue weighted by molar-refractivity contribution is 5.86. The van der Waals surface area contributed by atoms with Crippen LogP contribution >= 0.6 is 0 Å². The van der Waals surface area contributed by atoms with Crippen LogP contribution in [0.3, 0.4) is 0 Å². The molecule has 0 aliphatic heterocycles. The number of carbonyl (C=O) groups is 1. The van der Waals surface area contributed by atoms with Gasteiger partial charge in [0, 0.05) is 5.57 Å². The third kappa shape index (κ3) is 4.51. The van der Waals surface area contributed by atoms with E-state index in [0.717, 1.165) is 0 Å². The molecule has 0 fully saturated rings. The number of hydrogen-bond acceptors (Lipinski definition) is 5. The van der Waals surface area contributed by atoms with E-state index < -0.39 is 12.0 Å². The zero-order valence-electron chi connectivity index (χ0n) is 7.11. The molecule has 0 radical (unpaired) electrons. The molecule has 5 nitrogen and oxygen atoms in total. The van der Waals surface area contributed by atoms with E-state index in [1.165, 1.54) is 13.0 Å². The zero-order valence-corrected chi connectivity index (χ0v) is 7.11. The third-order valence-electron chi connectivity index (χ3n) is 1.08. The molecule has 5 heteroatoms. The Morgan fingerprint density at radius 2 is 2.38 bits per heavy atom. The van der Waals surface area contributed by atoms with Crippen LogP contribution in [-0.4, -0.2) is 24.7 Å². The first-order valence-electron chi connectivity index (χ1n) is 3.41. The normalized spacial score (nSPS) is 10.5. The largest absolute Gasteiger partial charge is 0.459 e. The van der Waals surface area contributed by atoms with E-state index in [4.69, 9.17) is 5.26 Å². The molecule has 0 aromatic heterocycles. The molecule has 0 aromatic rings. The molecule has 68 valence electrons. The van der Waals surface area contributed by atoms with Gasteiger partial charge in [0.15, 0.2) is 6.04 Å². The summed E-state index contributed by atoms with van der Waals surface area (Å²) < 4.78 is 4.58. The van der Waals surface area contributed by atoms with Gasteiger partial charge in [-0.25, -0.2) is 9.59 Å². The molecule has 0 amide bonds. The van der Waals surface area contributed by atoms with E-state index in [-0.39, 0.29) is 12.2 Å². The fraction of sp³-hybridized carbons (Fsp3) is 0.375. The smallest absolute Gasteiger partial charge is 0.333 e. The van der Waals surface area contributed by atoms with Crippen LogP contribution in [0.4, 0.5) is 0 Å². The van der Waals surface area contributed by atoms with Crippen LogP contribution in [0.5, 0.6) is 0 Å². The molecule has 0 rings (SSSR count). The Balaban J connectivity index is 4.01. The van der Waals surface area contributed by atoms with E-state index in [0.29, 0.717) is 0 Å². The molecule has 0 saturated carbocycles. The molecule has 0 N–H and O–H groups in total. The summed E-state index contributed by atoms with van der Waals surface area (Å²) in [6.45, 7) is 4.57. The molecular weight excluding hydrogens is 172 g/mol. The first-order chi connectivity index (χ1) is 6.11. The lowest BCUT2D eigenvalue weighted by molar-refractivity contribution is -0.139. The number of carbonyl (C=O) groups excluding carboxylic acids is 2. The first-order valence-corrected chi connectivity index (χ1v) is 3.41. The maximum atomic E-state index is 10.8. The van der Waals surface area contributed by atoms with Gasteiger partial charge in [-0.3, -0.25) is 0 Å². The van der Waals surface area contributed by atoms with Crippen LogP contribution in [0.25, 0.3) is 0 Å². The van der Waals surface area contributed by atoms with Crippen molar-refractivity contribution in [1.82, 2.24) is 0 Å². The van der Waals surface area contributed by atoms with Crippen LogP contribution in [0, 0.1) is 11.3 Å². The van der Waals surface area contributed by atoms with Crippen molar-refractivity contribution in [3.05, 3.63) is 12.2 Å². The number of hydrogen-bond donors (Lipinski definition) is 0. The van der Waals surface area contributed by atoms with Gasteiger partial charge < -0.3 is 4.74 Å². The minimum absolute atomic E-state index is 0.228. The molecular formula is C8H8N2O3. The van der Waals surface area contributed by atoms with Gasteiger partial charge >= 0.3 is 5.97 Å². The number of nitrogens with zero attached hydrogens (tertiary/aromatic N) is 2. The predicted molar refractivity (Wildman–Crippen MR) is 43.3 cm³/mol. The van der Waals surface area contributed by atoms with Crippen LogP contribution in [0.15, 0.2) is 17.1 Å². The second-order valence-electron chi connectivity index (χ2n) is 2.24. The van der Waals surface area contributed by atoms with Crippen molar-refractivity contribution in [3.8, 4) is 6.07 Å². The summed E-state index contributed by atoms with van der Waals surface area (Å²) in [6, 6.07) is 0.676. The Labute approximate surface area is 75.3 Å². The van der Waals surface area contributed by atoms with Crippen LogP contribution in [0.2, 0.25) is 0 Å². The summed E-state index contributed by atoms with van der Waals surface area (Å²) in [5.74, 6) is -0.610. The average molecular weight is 180 g/mol. The van der Waals surface area contributed by atoms with Crippen molar-refractivity contribution < 1.29 is 14.3 Å². The number of esters is 1. The Kier molecular flexibility index (Phi) is 4.85. The summed E-state index contributed by atoms with van der Waals surface area (Å²) in [5.41, 5.74) is 0.228. The van der Waals surface area contributed by atoms with Gasteiger partial charge in [-0.2, -0.15) is 10.3 Å². The second kappa shape index (κ2) is 5.70. The summed E-state index contributed by atoms with van der Waals surface area (Å²) in [5, 5.41) is 8.37. The number of rotatable bonds is 4. The lowest BCUT2D eigenvalue weighted by Crippen LogP contribution is -2.15.